The predicted octanol–water partition coefficient (Wildman–Crippen LogP) is 3.50. The second-order valence-electron chi connectivity index (χ2n) is 7.82. The lowest BCUT2D eigenvalue weighted by atomic mass is 9.94. The van der Waals surface area contributed by atoms with Crippen molar-refractivity contribution in [1.82, 2.24) is 20.3 Å². The Bertz CT molecular complexity index is 938. The highest BCUT2D eigenvalue weighted by Crippen LogP contribution is 2.23. The van der Waals surface area contributed by atoms with Crippen molar-refractivity contribution in [3.63, 3.8) is 0 Å². The molecule has 6 nitrogen and oxygen atoms in total. The molecule has 0 bridgehead atoms. The molecular formula is C24H27N5O. The molecule has 1 unspecified atom stereocenters. The average Bonchev–Trinajstić information content (AvgIpc) is 2.81. The molecule has 1 aromatic carbocycles. The van der Waals surface area contributed by atoms with Crippen molar-refractivity contribution in [3.8, 4) is 0 Å². The quantitative estimate of drug-likeness (QED) is 0.685. The van der Waals surface area contributed by atoms with E-state index in [4.69, 9.17) is 0 Å². The lowest BCUT2D eigenvalue weighted by Gasteiger charge is -2.32. The van der Waals surface area contributed by atoms with Gasteiger partial charge in [0.2, 0.25) is 11.9 Å². The van der Waals surface area contributed by atoms with Crippen LogP contribution in [0.3, 0.4) is 0 Å². The SMILES string of the molecule is Cc1ccc(CC(NC(=O)C2CCN(c3ncccn3)CC2)c2ccccn2)cc1. The number of pyridine rings is 1. The van der Waals surface area contributed by atoms with E-state index >= 15 is 0 Å². The van der Waals surface area contributed by atoms with Crippen molar-refractivity contribution >= 4 is 11.9 Å². The van der Waals surface area contributed by atoms with Gasteiger partial charge in [-0.2, -0.15) is 0 Å². The van der Waals surface area contributed by atoms with E-state index in [0.717, 1.165) is 44.0 Å². The van der Waals surface area contributed by atoms with E-state index in [9.17, 15) is 4.79 Å². The second-order valence-corrected chi connectivity index (χ2v) is 7.82. The van der Waals surface area contributed by atoms with Crippen molar-refractivity contribution in [2.24, 2.45) is 5.92 Å². The third-order valence-corrected chi connectivity index (χ3v) is 5.62. The monoisotopic (exact) mass is 401 g/mol. The Hall–Kier alpha value is -3.28. The third-order valence-electron chi connectivity index (χ3n) is 5.62. The number of nitrogens with zero attached hydrogens (tertiary/aromatic N) is 4. The molecule has 1 fully saturated rings. The van der Waals surface area contributed by atoms with Gasteiger partial charge in [-0.25, -0.2) is 9.97 Å². The highest BCUT2D eigenvalue weighted by atomic mass is 16.2. The van der Waals surface area contributed by atoms with Crippen molar-refractivity contribution in [3.05, 3.63) is 83.9 Å². The number of aryl methyl sites for hydroxylation is 1. The topological polar surface area (TPSA) is 71.0 Å². The number of aromatic nitrogens is 3. The standard InChI is InChI=1S/C24H27N5O/c1-18-6-8-19(9-7-18)17-22(21-5-2-3-12-25-21)28-23(30)20-10-15-29(16-11-20)24-26-13-4-14-27-24/h2-9,12-14,20,22H,10-11,15-17H2,1H3,(H,28,30). The van der Waals surface area contributed by atoms with Crippen LogP contribution < -0.4 is 10.2 Å². The van der Waals surface area contributed by atoms with Gasteiger partial charge in [0.15, 0.2) is 0 Å². The fourth-order valence-electron chi connectivity index (χ4n) is 3.86. The van der Waals surface area contributed by atoms with E-state index in [2.05, 4.69) is 56.4 Å². The summed E-state index contributed by atoms with van der Waals surface area (Å²) in [7, 11) is 0. The van der Waals surface area contributed by atoms with Gasteiger partial charge in [-0.1, -0.05) is 35.9 Å². The van der Waals surface area contributed by atoms with Gasteiger partial charge in [0, 0.05) is 37.6 Å². The van der Waals surface area contributed by atoms with Crippen LogP contribution in [0.25, 0.3) is 0 Å². The number of carbonyl (C=O) groups excluding carboxylic acids is 1. The van der Waals surface area contributed by atoms with Crippen LogP contribution in [0.5, 0.6) is 0 Å². The Morgan fingerprint density at radius 1 is 1.00 bits per heavy atom. The van der Waals surface area contributed by atoms with Crippen LogP contribution in [-0.4, -0.2) is 33.9 Å². The minimum atomic E-state index is -0.142. The largest absolute Gasteiger partial charge is 0.347 e. The molecule has 0 saturated carbocycles. The molecule has 0 radical (unpaired) electrons. The first-order valence-corrected chi connectivity index (χ1v) is 10.5. The first-order chi connectivity index (χ1) is 14.7. The maximum Gasteiger partial charge on any atom is 0.225 e. The zero-order chi connectivity index (χ0) is 20.8. The molecule has 1 saturated heterocycles. The summed E-state index contributed by atoms with van der Waals surface area (Å²) in [4.78, 5) is 28.4. The smallest absolute Gasteiger partial charge is 0.225 e. The van der Waals surface area contributed by atoms with Gasteiger partial charge in [0.05, 0.1) is 11.7 Å². The molecule has 3 aromatic rings. The van der Waals surface area contributed by atoms with Crippen LogP contribution in [0.15, 0.2) is 67.1 Å². The average molecular weight is 402 g/mol. The molecule has 154 valence electrons. The van der Waals surface area contributed by atoms with E-state index in [0.29, 0.717) is 0 Å². The Balaban J connectivity index is 1.41. The minimum absolute atomic E-state index is 0.00538. The Morgan fingerprint density at radius 2 is 1.70 bits per heavy atom. The fourth-order valence-corrected chi connectivity index (χ4v) is 3.86. The van der Waals surface area contributed by atoms with Crippen LogP contribution in [0.4, 0.5) is 5.95 Å². The van der Waals surface area contributed by atoms with Gasteiger partial charge in [-0.05, 0) is 49.9 Å². The number of rotatable bonds is 6. The number of hydrogen-bond donors (Lipinski definition) is 1. The molecule has 1 amide bonds. The van der Waals surface area contributed by atoms with Crippen molar-refractivity contribution in [1.29, 1.82) is 0 Å². The maximum absolute atomic E-state index is 13.1. The molecule has 0 spiro atoms. The highest BCUT2D eigenvalue weighted by Gasteiger charge is 2.28. The maximum atomic E-state index is 13.1. The van der Waals surface area contributed by atoms with Crippen LogP contribution in [0.1, 0.15) is 35.7 Å². The fraction of sp³-hybridized carbons (Fsp3) is 0.333. The van der Waals surface area contributed by atoms with E-state index in [1.165, 1.54) is 11.1 Å². The van der Waals surface area contributed by atoms with Crippen molar-refractivity contribution in [2.75, 3.05) is 18.0 Å². The Labute approximate surface area is 177 Å². The van der Waals surface area contributed by atoms with Crippen LogP contribution in [0, 0.1) is 12.8 Å². The zero-order valence-electron chi connectivity index (χ0n) is 17.2. The lowest BCUT2D eigenvalue weighted by Crippen LogP contribution is -2.42. The second kappa shape index (κ2) is 9.48. The number of benzene rings is 1. The van der Waals surface area contributed by atoms with E-state index < -0.39 is 0 Å². The number of piperidine rings is 1. The van der Waals surface area contributed by atoms with Crippen molar-refractivity contribution < 1.29 is 4.79 Å². The summed E-state index contributed by atoms with van der Waals surface area (Å²) in [6, 6.07) is 16.0. The van der Waals surface area contributed by atoms with Gasteiger partial charge in [-0.15, -0.1) is 0 Å². The van der Waals surface area contributed by atoms with E-state index in [1.807, 2.05) is 24.3 Å². The van der Waals surface area contributed by atoms with Gasteiger partial charge < -0.3 is 10.2 Å². The van der Waals surface area contributed by atoms with Gasteiger partial charge in [0.1, 0.15) is 0 Å². The zero-order valence-corrected chi connectivity index (χ0v) is 17.2. The molecule has 0 aliphatic carbocycles. The third kappa shape index (κ3) is 5.00. The minimum Gasteiger partial charge on any atom is -0.347 e. The predicted molar refractivity (Wildman–Crippen MR) is 117 cm³/mol. The summed E-state index contributed by atoms with van der Waals surface area (Å²) in [6.07, 6.45) is 7.60. The van der Waals surface area contributed by atoms with Crippen molar-refractivity contribution in [2.45, 2.75) is 32.2 Å². The molecule has 2 aromatic heterocycles. The first-order valence-electron chi connectivity index (χ1n) is 10.5. The number of nitrogens with one attached hydrogen (secondary N) is 1. The number of anilines is 1. The van der Waals surface area contributed by atoms with Crippen LogP contribution in [-0.2, 0) is 11.2 Å². The summed E-state index contributed by atoms with van der Waals surface area (Å²) in [5.41, 5.74) is 3.31. The normalized spacial score (nSPS) is 15.6. The number of hydrogen-bond acceptors (Lipinski definition) is 5. The molecule has 3 heterocycles. The van der Waals surface area contributed by atoms with Crippen LogP contribution in [0.2, 0.25) is 0 Å². The molecule has 4 rings (SSSR count). The first kappa shape index (κ1) is 20.0. The molecular weight excluding hydrogens is 374 g/mol. The van der Waals surface area contributed by atoms with E-state index in [-0.39, 0.29) is 17.9 Å². The molecule has 6 heteroatoms. The Morgan fingerprint density at radius 3 is 2.37 bits per heavy atom. The molecule has 30 heavy (non-hydrogen) atoms. The molecule has 1 aliphatic rings. The van der Waals surface area contributed by atoms with Gasteiger partial charge in [-0.3, -0.25) is 9.78 Å². The summed E-state index contributed by atoms with van der Waals surface area (Å²) in [5.74, 6) is 0.836. The summed E-state index contributed by atoms with van der Waals surface area (Å²) < 4.78 is 0. The highest BCUT2D eigenvalue weighted by molar-refractivity contribution is 5.79. The molecule has 1 atom stereocenters. The van der Waals surface area contributed by atoms with E-state index in [1.54, 1.807) is 18.6 Å². The summed E-state index contributed by atoms with van der Waals surface area (Å²) in [6.45, 7) is 3.65. The van der Waals surface area contributed by atoms with Crippen LogP contribution >= 0.6 is 0 Å². The Kier molecular flexibility index (Phi) is 6.32. The number of amides is 1. The lowest BCUT2D eigenvalue weighted by molar-refractivity contribution is -0.126. The summed E-state index contributed by atoms with van der Waals surface area (Å²) in [5, 5.41) is 3.27. The molecule has 1 aliphatic heterocycles. The molecule has 1 N–H and O–H groups in total. The van der Waals surface area contributed by atoms with Gasteiger partial charge in [0.25, 0.3) is 0 Å². The van der Waals surface area contributed by atoms with Gasteiger partial charge >= 0.3 is 0 Å². The summed E-state index contributed by atoms with van der Waals surface area (Å²) >= 11 is 0. The number of carbonyl (C=O) groups is 1.